The normalized spacial score (nSPS) is 11.0. The minimum atomic E-state index is -0.656. The number of para-hydroxylation sites is 1. The maximum absolute atomic E-state index is 12.4. The number of ketones is 1. The average molecular weight is 336 g/mol. The van der Waals surface area contributed by atoms with Crippen LogP contribution in [0, 0.1) is 0 Å². The number of methoxy groups -OCH3 is 2. The summed E-state index contributed by atoms with van der Waals surface area (Å²) in [5, 5.41) is 0.696. The third-order valence-corrected chi connectivity index (χ3v) is 3.71. The van der Waals surface area contributed by atoms with Gasteiger partial charge >= 0.3 is 5.63 Å². The first-order valence-corrected chi connectivity index (χ1v) is 7.59. The smallest absolute Gasteiger partial charge is 0.347 e. The van der Waals surface area contributed by atoms with Crippen molar-refractivity contribution in [2.45, 2.75) is 0 Å². The van der Waals surface area contributed by atoms with Gasteiger partial charge in [0.05, 0.1) is 14.2 Å². The zero-order valence-corrected chi connectivity index (χ0v) is 13.8. The summed E-state index contributed by atoms with van der Waals surface area (Å²) in [6, 6.07) is 13.8. The van der Waals surface area contributed by atoms with Crippen LogP contribution in [0.5, 0.6) is 11.5 Å². The van der Waals surface area contributed by atoms with Gasteiger partial charge in [-0.3, -0.25) is 4.79 Å². The highest BCUT2D eigenvalue weighted by Crippen LogP contribution is 2.23. The molecule has 5 nitrogen and oxygen atoms in total. The van der Waals surface area contributed by atoms with Crippen molar-refractivity contribution in [3.63, 3.8) is 0 Å². The van der Waals surface area contributed by atoms with Crippen molar-refractivity contribution in [1.82, 2.24) is 0 Å². The van der Waals surface area contributed by atoms with Gasteiger partial charge in [-0.05, 0) is 35.9 Å². The summed E-state index contributed by atoms with van der Waals surface area (Å²) in [6.45, 7) is 0. The molecule has 0 bridgehead atoms. The van der Waals surface area contributed by atoms with Gasteiger partial charge in [0.1, 0.15) is 22.6 Å². The first-order chi connectivity index (χ1) is 12.1. The van der Waals surface area contributed by atoms with E-state index in [2.05, 4.69) is 0 Å². The number of carbonyl (C=O) groups is 1. The molecule has 0 aliphatic heterocycles. The highest BCUT2D eigenvalue weighted by molar-refractivity contribution is 6.07. The number of carbonyl (C=O) groups excluding carboxylic acids is 1. The molecule has 1 heterocycles. The standard InChI is InChI=1S/C20H16O5/c1-23-15-9-13(10-16(12-15)24-2)7-8-18(21)17-11-14-5-3-4-6-19(14)25-20(17)22/h3-12H,1-2H3/b8-7+. The molecule has 0 saturated carbocycles. The molecule has 0 amide bonds. The SMILES string of the molecule is COc1cc(/C=C/C(=O)c2cc3ccccc3oc2=O)cc(OC)c1. The molecule has 0 spiro atoms. The Bertz CT molecular complexity index is 992. The highest BCUT2D eigenvalue weighted by atomic mass is 16.5. The van der Waals surface area contributed by atoms with E-state index in [4.69, 9.17) is 13.9 Å². The Morgan fingerprint density at radius 1 is 1.00 bits per heavy atom. The summed E-state index contributed by atoms with van der Waals surface area (Å²) in [5.74, 6) is 0.787. The van der Waals surface area contributed by atoms with Crippen LogP contribution in [-0.4, -0.2) is 20.0 Å². The Morgan fingerprint density at radius 3 is 2.36 bits per heavy atom. The molecule has 0 N–H and O–H groups in total. The molecule has 2 aromatic carbocycles. The number of hydrogen-bond acceptors (Lipinski definition) is 5. The maximum Gasteiger partial charge on any atom is 0.347 e. The van der Waals surface area contributed by atoms with Crippen LogP contribution in [0.4, 0.5) is 0 Å². The summed E-state index contributed by atoms with van der Waals surface area (Å²) < 4.78 is 15.6. The van der Waals surface area contributed by atoms with Crippen LogP contribution in [0.3, 0.4) is 0 Å². The van der Waals surface area contributed by atoms with Crippen molar-refractivity contribution in [2.24, 2.45) is 0 Å². The third-order valence-electron chi connectivity index (χ3n) is 3.71. The van der Waals surface area contributed by atoms with E-state index in [0.717, 1.165) is 5.56 Å². The summed E-state index contributed by atoms with van der Waals surface area (Å²) >= 11 is 0. The second-order valence-electron chi connectivity index (χ2n) is 5.33. The summed E-state index contributed by atoms with van der Waals surface area (Å²) in [4.78, 5) is 24.4. The molecule has 0 aliphatic rings. The van der Waals surface area contributed by atoms with Crippen LogP contribution in [0.1, 0.15) is 15.9 Å². The van der Waals surface area contributed by atoms with Crippen LogP contribution in [0.2, 0.25) is 0 Å². The van der Waals surface area contributed by atoms with Gasteiger partial charge in [0.25, 0.3) is 0 Å². The lowest BCUT2D eigenvalue weighted by atomic mass is 10.1. The zero-order valence-electron chi connectivity index (χ0n) is 13.8. The van der Waals surface area contributed by atoms with Crippen LogP contribution in [-0.2, 0) is 0 Å². The minimum Gasteiger partial charge on any atom is -0.497 e. The molecule has 3 aromatic rings. The van der Waals surface area contributed by atoms with Crippen LogP contribution < -0.4 is 15.1 Å². The van der Waals surface area contributed by atoms with E-state index in [-0.39, 0.29) is 5.56 Å². The van der Waals surface area contributed by atoms with Gasteiger partial charge in [-0.2, -0.15) is 0 Å². The lowest BCUT2D eigenvalue weighted by Crippen LogP contribution is -2.11. The molecule has 126 valence electrons. The van der Waals surface area contributed by atoms with Crippen molar-refractivity contribution >= 4 is 22.8 Å². The van der Waals surface area contributed by atoms with Gasteiger partial charge in [-0.25, -0.2) is 4.79 Å². The Balaban J connectivity index is 1.93. The van der Waals surface area contributed by atoms with Gasteiger partial charge in [0, 0.05) is 11.5 Å². The van der Waals surface area contributed by atoms with Crippen molar-refractivity contribution < 1.29 is 18.7 Å². The molecule has 0 atom stereocenters. The Kier molecular flexibility index (Phi) is 4.66. The van der Waals surface area contributed by atoms with E-state index in [1.807, 2.05) is 6.07 Å². The first-order valence-electron chi connectivity index (χ1n) is 7.59. The van der Waals surface area contributed by atoms with E-state index >= 15 is 0 Å². The fourth-order valence-corrected chi connectivity index (χ4v) is 2.42. The van der Waals surface area contributed by atoms with Gasteiger partial charge < -0.3 is 13.9 Å². The molecule has 25 heavy (non-hydrogen) atoms. The molecule has 0 unspecified atom stereocenters. The molecular formula is C20H16O5. The third kappa shape index (κ3) is 3.61. The molecule has 0 saturated heterocycles. The Labute approximate surface area is 144 Å². The van der Waals surface area contributed by atoms with Crippen molar-refractivity contribution in [3.05, 3.63) is 76.2 Å². The second kappa shape index (κ2) is 7.05. The van der Waals surface area contributed by atoms with Gasteiger partial charge in [-0.15, -0.1) is 0 Å². The number of hydrogen-bond donors (Lipinski definition) is 0. The monoisotopic (exact) mass is 336 g/mol. The fraction of sp³-hybridized carbons (Fsp3) is 0.100. The van der Waals surface area contributed by atoms with Gasteiger partial charge in [0.2, 0.25) is 0 Å². The van der Waals surface area contributed by atoms with Crippen molar-refractivity contribution in [1.29, 1.82) is 0 Å². The number of fused-ring (bicyclic) bond motifs is 1. The molecule has 0 fully saturated rings. The number of benzene rings is 2. The quantitative estimate of drug-likeness (QED) is 0.404. The second-order valence-corrected chi connectivity index (χ2v) is 5.33. The average Bonchev–Trinajstić information content (AvgIpc) is 2.65. The molecule has 5 heteroatoms. The lowest BCUT2D eigenvalue weighted by molar-refractivity contribution is 0.104. The Hall–Kier alpha value is -3.34. The molecule has 1 aromatic heterocycles. The summed E-state index contributed by atoms with van der Waals surface area (Å²) in [7, 11) is 3.10. The molecule has 0 radical (unpaired) electrons. The topological polar surface area (TPSA) is 65.7 Å². The van der Waals surface area contributed by atoms with Crippen LogP contribution >= 0.6 is 0 Å². The van der Waals surface area contributed by atoms with Crippen molar-refractivity contribution in [2.75, 3.05) is 14.2 Å². The Morgan fingerprint density at radius 2 is 1.68 bits per heavy atom. The van der Waals surface area contributed by atoms with Crippen LogP contribution in [0.15, 0.2) is 63.8 Å². The molecular weight excluding hydrogens is 320 g/mol. The first kappa shape index (κ1) is 16.5. The highest BCUT2D eigenvalue weighted by Gasteiger charge is 2.11. The predicted molar refractivity (Wildman–Crippen MR) is 95.4 cm³/mol. The minimum absolute atomic E-state index is 0.00943. The van der Waals surface area contributed by atoms with E-state index < -0.39 is 11.4 Å². The largest absolute Gasteiger partial charge is 0.497 e. The van der Waals surface area contributed by atoms with E-state index in [0.29, 0.717) is 22.5 Å². The van der Waals surface area contributed by atoms with E-state index in [1.54, 1.807) is 62.8 Å². The summed E-state index contributed by atoms with van der Waals surface area (Å²) in [6.07, 6.45) is 2.93. The van der Waals surface area contributed by atoms with E-state index in [1.165, 1.54) is 6.08 Å². The maximum atomic E-state index is 12.4. The predicted octanol–water partition coefficient (Wildman–Crippen LogP) is 3.71. The van der Waals surface area contributed by atoms with Crippen molar-refractivity contribution in [3.8, 4) is 11.5 Å². The van der Waals surface area contributed by atoms with E-state index in [9.17, 15) is 9.59 Å². The van der Waals surface area contributed by atoms with Gasteiger partial charge in [0.15, 0.2) is 5.78 Å². The fourth-order valence-electron chi connectivity index (χ4n) is 2.42. The zero-order chi connectivity index (χ0) is 17.8. The summed E-state index contributed by atoms with van der Waals surface area (Å²) in [5.41, 5.74) is 0.502. The lowest BCUT2D eigenvalue weighted by Gasteiger charge is -2.05. The molecule has 3 rings (SSSR count). The number of rotatable bonds is 5. The van der Waals surface area contributed by atoms with Crippen LogP contribution in [0.25, 0.3) is 17.0 Å². The number of ether oxygens (including phenoxy) is 2. The molecule has 0 aliphatic carbocycles. The number of allylic oxidation sites excluding steroid dienone is 1. The van der Waals surface area contributed by atoms with Gasteiger partial charge in [-0.1, -0.05) is 24.3 Å².